The van der Waals surface area contributed by atoms with Crippen molar-refractivity contribution < 1.29 is 14.7 Å². The monoisotopic (exact) mass is 224 g/mol. The molecular formula is C11H16N2O3. The van der Waals surface area contributed by atoms with E-state index >= 15 is 0 Å². The number of carbonyl (C=O) groups is 2. The first-order chi connectivity index (χ1) is 7.56. The molecule has 1 aromatic heterocycles. The Bertz CT molecular complexity index is 384. The molecule has 0 spiro atoms. The number of hydrogen-bond acceptors (Lipinski definition) is 2. The predicted octanol–water partition coefficient (Wildman–Crippen LogP) is 1.31. The third-order valence-corrected chi connectivity index (χ3v) is 2.38. The number of aromatic nitrogens is 1. The number of hydrogen-bond donors (Lipinski definition) is 3. The molecule has 1 heterocycles. The van der Waals surface area contributed by atoms with E-state index < -0.39 is 12.0 Å². The molecule has 0 aromatic carbocycles. The minimum atomic E-state index is -0.997. The van der Waals surface area contributed by atoms with E-state index in [1.165, 1.54) is 0 Å². The summed E-state index contributed by atoms with van der Waals surface area (Å²) in [5.41, 5.74) is 1.29. The van der Waals surface area contributed by atoms with Crippen LogP contribution in [-0.2, 0) is 4.79 Å². The highest BCUT2D eigenvalue weighted by atomic mass is 16.4. The van der Waals surface area contributed by atoms with Gasteiger partial charge in [0, 0.05) is 12.4 Å². The minimum Gasteiger partial charge on any atom is -0.480 e. The molecule has 1 amide bonds. The fourth-order valence-corrected chi connectivity index (χ4v) is 1.47. The molecule has 0 saturated carbocycles. The van der Waals surface area contributed by atoms with Crippen LogP contribution in [0.3, 0.4) is 0 Å². The Labute approximate surface area is 93.9 Å². The highest BCUT2D eigenvalue weighted by molar-refractivity contribution is 5.97. The van der Waals surface area contributed by atoms with Crippen molar-refractivity contribution in [3.63, 3.8) is 0 Å². The molecule has 88 valence electrons. The van der Waals surface area contributed by atoms with Crippen molar-refractivity contribution in [2.75, 3.05) is 0 Å². The van der Waals surface area contributed by atoms with Crippen LogP contribution in [0.1, 0.15) is 35.7 Å². The fourth-order valence-electron chi connectivity index (χ4n) is 1.47. The topological polar surface area (TPSA) is 82.2 Å². The summed E-state index contributed by atoms with van der Waals surface area (Å²) in [7, 11) is 0. The number of H-pyrrole nitrogens is 1. The van der Waals surface area contributed by atoms with Crippen LogP contribution in [0.5, 0.6) is 0 Å². The number of nitrogens with one attached hydrogen (secondary N) is 2. The SMILES string of the molecule is CCCC(NC(=O)c1c[nH]cc1C)C(=O)O. The lowest BCUT2D eigenvalue weighted by Crippen LogP contribution is -2.40. The van der Waals surface area contributed by atoms with Crippen LogP contribution < -0.4 is 5.32 Å². The van der Waals surface area contributed by atoms with Crippen LogP contribution in [-0.4, -0.2) is 28.0 Å². The van der Waals surface area contributed by atoms with Crippen LogP contribution >= 0.6 is 0 Å². The molecular weight excluding hydrogens is 208 g/mol. The molecule has 1 rings (SSSR count). The van der Waals surface area contributed by atoms with Gasteiger partial charge in [0.1, 0.15) is 6.04 Å². The van der Waals surface area contributed by atoms with Gasteiger partial charge in [-0.2, -0.15) is 0 Å². The highest BCUT2D eigenvalue weighted by Crippen LogP contribution is 2.07. The van der Waals surface area contributed by atoms with Crippen molar-refractivity contribution in [3.8, 4) is 0 Å². The molecule has 1 aromatic rings. The largest absolute Gasteiger partial charge is 0.480 e. The summed E-state index contributed by atoms with van der Waals surface area (Å²) in [6.45, 7) is 3.67. The Morgan fingerprint density at radius 1 is 1.50 bits per heavy atom. The Hall–Kier alpha value is -1.78. The molecule has 5 heteroatoms. The lowest BCUT2D eigenvalue weighted by Gasteiger charge is -2.13. The van der Waals surface area contributed by atoms with Crippen LogP contribution in [0.4, 0.5) is 0 Å². The zero-order valence-corrected chi connectivity index (χ0v) is 9.41. The summed E-state index contributed by atoms with van der Waals surface area (Å²) in [5, 5.41) is 11.4. The third kappa shape index (κ3) is 2.85. The molecule has 0 saturated heterocycles. The summed E-state index contributed by atoms with van der Waals surface area (Å²) in [6.07, 6.45) is 4.41. The summed E-state index contributed by atoms with van der Waals surface area (Å²) in [5.74, 6) is -1.34. The Kier molecular flexibility index (Phi) is 4.10. The van der Waals surface area contributed by atoms with Gasteiger partial charge in [-0.1, -0.05) is 13.3 Å². The van der Waals surface area contributed by atoms with Gasteiger partial charge in [-0.3, -0.25) is 4.79 Å². The van der Waals surface area contributed by atoms with Gasteiger partial charge in [-0.25, -0.2) is 4.79 Å². The third-order valence-electron chi connectivity index (χ3n) is 2.38. The fraction of sp³-hybridized carbons (Fsp3) is 0.455. The molecule has 1 unspecified atom stereocenters. The Morgan fingerprint density at radius 3 is 2.62 bits per heavy atom. The predicted molar refractivity (Wildman–Crippen MR) is 59.3 cm³/mol. The average Bonchev–Trinajstić information content (AvgIpc) is 2.63. The van der Waals surface area contributed by atoms with E-state index in [4.69, 9.17) is 5.11 Å². The van der Waals surface area contributed by atoms with E-state index in [9.17, 15) is 9.59 Å². The normalized spacial score (nSPS) is 12.1. The second kappa shape index (κ2) is 5.34. The number of carbonyl (C=O) groups excluding carboxylic acids is 1. The maximum absolute atomic E-state index is 11.7. The van der Waals surface area contributed by atoms with Gasteiger partial charge >= 0.3 is 5.97 Å². The van der Waals surface area contributed by atoms with E-state index in [-0.39, 0.29) is 5.91 Å². The molecule has 0 aliphatic heterocycles. The number of aliphatic carboxylic acids is 1. The first kappa shape index (κ1) is 12.3. The van der Waals surface area contributed by atoms with E-state index in [1.807, 2.05) is 6.92 Å². The molecule has 5 nitrogen and oxygen atoms in total. The van der Waals surface area contributed by atoms with Gasteiger partial charge in [0.15, 0.2) is 0 Å². The maximum atomic E-state index is 11.7. The van der Waals surface area contributed by atoms with Crippen molar-refractivity contribution in [1.29, 1.82) is 0 Å². The number of carboxylic acids is 1. The van der Waals surface area contributed by atoms with E-state index in [2.05, 4.69) is 10.3 Å². The lowest BCUT2D eigenvalue weighted by atomic mass is 10.1. The number of rotatable bonds is 5. The average molecular weight is 224 g/mol. The number of aromatic amines is 1. The van der Waals surface area contributed by atoms with Crippen molar-refractivity contribution in [2.24, 2.45) is 0 Å². The van der Waals surface area contributed by atoms with Crippen molar-refractivity contribution in [2.45, 2.75) is 32.7 Å². The second-order valence-electron chi connectivity index (χ2n) is 3.70. The van der Waals surface area contributed by atoms with Crippen molar-refractivity contribution >= 4 is 11.9 Å². The van der Waals surface area contributed by atoms with Crippen molar-refractivity contribution in [1.82, 2.24) is 10.3 Å². The van der Waals surface area contributed by atoms with Gasteiger partial charge in [-0.15, -0.1) is 0 Å². The molecule has 3 N–H and O–H groups in total. The smallest absolute Gasteiger partial charge is 0.326 e. The summed E-state index contributed by atoms with van der Waals surface area (Å²) < 4.78 is 0. The van der Waals surface area contributed by atoms with Crippen LogP contribution in [0.15, 0.2) is 12.4 Å². The van der Waals surface area contributed by atoms with Crippen LogP contribution in [0, 0.1) is 6.92 Å². The zero-order valence-electron chi connectivity index (χ0n) is 9.41. The minimum absolute atomic E-state index is 0.348. The summed E-state index contributed by atoms with van der Waals surface area (Å²) >= 11 is 0. The molecule has 16 heavy (non-hydrogen) atoms. The number of aryl methyl sites for hydroxylation is 1. The van der Waals surface area contributed by atoms with Gasteiger partial charge < -0.3 is 15.4 Å². The van der Waals surface area contributed by atoms with Crippen molar-refractivity contribution in [3.05, 3.63) is 23.5 Å². The van der Waals surface area contributed by atoms with Crippen LogP contribution in [0.25, 0.3) is 0 Å². The zero-order chi connectivity index (χ0) is 12.1. The first-order valence-electron chi connectivity index (χ1n) is 5.23. The highest BCUT2D eigenvalue weighted by Gasteiger charge is 2.20. The van der Waals surface area contributed by atoms with E-state index in [1.54, 1.807) is 19.3 Å². The molecule has 0 radical (unpaired) electrons. The van der Waals surface area contributed by atoms with Crippen LogP contribution in [0.2, 0.25) is 0 Å². The molecule has 0 bridgehead atoms. The Morgan fingerprint density at radius 2 is 2.19 bits per heavy atom. The molecule has 1 atom stereocenters. The molecule has 0 aliphatic rings. The summed E-state index contributed by atoms with van der Waals surface area (Å²) in [6, 6.07) is -0.813. The molecule has 0 aliphatic carbocycles. The standard InChI is InChI=1S/C11H16N2O3/c1-3-4-9(11(15)16)13-10(14)8-6-12-5-7(8)2/h5-6,9,12H,3-4H2,1-2H3,(H,13,14)(H,15,16). The second-order valence-corrected chi connectivity index (χ2v) is 3.70. The first-order valence-corrected chi connectivity index (χ1v) is 5.23. The van der Waals surface area contributed by atoms with Gasteiger partial charge in [0.05, 0.1) is 5.56 Å². The quantitative estimate of drug-likeness (QED) is 0.705. The molecule has 0 fully saturated rings. The van der Waals surface area contributed by atoms with Gasteiger partial charge in [-0.05, 0) is 18.9 Å². The van der Waals surface area contributed by atoms with Gasteiger partial charge in [0.2, 0.25) is 0 Å². The van der Waals surface area contributed by atoms with E-state index in [0.29, 0.717) is 18.4 Å². The maximum Gasteiger partial charge on any atom is 0.326 e. The number of amides is 1. The Balaban J connectivity index is 2.69. The lowest BCUT2D eigenvalue weighted by molar-refractivity contribution is -0.139. The number of carboxylic acid groups (broad SMARTS) is 1. The van der Waals surface area contributed by atoms with Gasteiger partial charge in [0.25, 0.3) is 5.91 Å². The summed E-state index contributed by atoms with van der Waals surface area (Å²) in [4.78, 5) is 25.4. The van der Waals surface area contributed by atoms with E-state index in [0.717, 1.165) is 5.56 Å².